The van der Waals surface area contributed by atoms with Gasteiger partial charge in [-0.3, -0.25) is 15.1 Å². The number of nitrogens with zero attached hydrogens (tertiary/aromatic N) is 2. The van der Waals surface area contributed by atoms with E-state index in [-0.39, 0.29) is 5.69 Å². The Bertz CT molecular complexity index is 463. The van der Waals surface area contributed by atoms with Crippen molar-refractivity contribution in [1.82, 2.24) is 10.6 Å². The number of ether oxygens (including phenoxy) is 1. The Kier molecular flexibility index (Phi) is 7.05. The maximum absolute atomic E-state index is 10.7. The lowest BCUT2D eigenvalue weighted by molar-refractivity contribution is -0.384. The molecule has 0 aliphatic rings. The molecular weight excluding hydrogens is 260 g/mol. The molecule has 1 aromatic carbocycles. The predicted octanol–water partition coefficient (Wildman–Crippen LogP) is 1.30. The largest absolute Gasteiger partial charge is 0.380 e. The Balaban J connectivity index is 2.44. The van der Waals surface area contributed by atoms with E-state index in [4.69, 9.17) is 4.74 Å². The molecule has 0 saturated carbocycles. The van der Waals surface area contributed by atoms with E-state index >= 15 is 0 Å². The zero-order valence-corrected chi connectivity index (χ0v) is 11.8. The first-order valence-corrected chi connectivity index (χ1v) is 6.43. The van der Waals surface area contributed by atoms with Gasteiger partial charge in [-0.05, 0) is 12.5 Å². The first-order valence-electron chi connectivity index (χ1n) is 6.43. The third-order valence-corrected chi connectivity index (χ3v) is 2.55. The van der Waals surface area contributed by atoms with Crippen LogP contribution < -0.4 is 10.6 Å². The molecule has 20 heavy (non-hydrogen) atoms. The summed E-state index contributed by atoms with van der Waals surface area (Å²) in [4.78, 5) is 14.3. The molecule has 0 aliphatic carbocycles. The molecule has 0 aromatic heterocycles. The molecule has 0 amide bonds. The van der Waals surface area contributed by atoms with Gasteiger partial charge in [0, 0.05) is 38.9 Å². The summed E-state index contributed by atoms with van der Waals surface area (Å²) in [6.45, 7) is 4.35. The molecule has 0 radical (unpaired) electrons. The topological polar surface area (TPSA) is 88.8 Å². The number of hydrogen-bond donors (Lipinski definition) is 2. The highest BCUT2D eigenvalue weighted by Gasteiger charge is 2.05. The van der Waals surface area contributed by atoms with Gasteiger partial charge < -0.3 is 15.4 Å². The van der Waals surface area contributed by atoms with Crippen molar-refractivity contribution in [1.29, 1.82) is 0 Å². The fraction of sp³-hybridized carbons (Fsp3) is 0.462. The summed E-state index contributed by atoms with van der Waals surface area (Å²) >= 11 is 0. The van der Waals surface area contributed by atoms with Crippen LogP contribution in [0.1, 0.15) is 12.5 Å². The van der Waals surface area contributed by atoms with E-state index in [1.54, 1.807) is 19.2 Å². The van der Waals surface area contributed by atoms with Crippen molar-refractivity contribution in [2.45, 2.75) is 13.5 Å². The first-order chi connectivity index (χ1) is 9.67. The van der Waals surface area contributed by atoms with Gasteiger partial charge in [-0.25, -0.2) is 0 Å². The number of hydrogen-bond acceptors (Lipinski definition) is 4. The van der Waals surface area contributed by atoms with Gasteiger partial charge in [0.25, 0.3) is 5.69 Å². The summed E-state index contributed by atoms with van der Waals surface area (Å²) in [6.07, 6.45) is 0. The second-order valence-electron chi connectivity index (χ2n) is 3.98. The molecule has 0 fully saturated rings. The summed E-state index contributed by atoms with van der Waals surface area (Å²) in [7, 11) is 1.67. The summed E-state index contributed by atoms with van der Waals surface area (Å²) in [6, 6.07) is 6.51. The fourth-order valence-corrected chi connectivity index (χ4v) is 1.57. The van der Waals surface area contributed by atoms with Crippen LogP contribution in [0.5, 0.6) is 0 Å². The Morgan fingerprint density at radius 2 is 2.25 bits per heavy atom. The third kappa shape index (κ3) is 5.66. The highest BCUT2D eigenvalue weighted by Crippen LogP contribution is 2.12. The number of guanidine groups is 1. The van der Waals surface area contributed by atoms with E-state index in [0.717, 1.165) is 5.56 Å². The molecule has 1 rings (SSSR count). The van der Waals surface area contributed by atoms with Gasteiger partial charge in [0.1, 0.15) is 0 Å². The van der Waals surface area contributed by atoms with Crippen molar-refractivity contribution < 1.29 is 9.66 Å². The molecule has 1 aromatic rings. The number of aliphatic imine (C=N–C) groups is 1. The van der Waals surface area contributed by atoms with Crippen LogP contribution in [0.15, 0.2) is 29.3 Å². The molecule has 0 atom stereocenters. The maximum Gasteiger partial charge on any atom is 0.269 e. The van der Waals surface area contributed by atoms with E-state index < -0.39 is 4.92 Å². The van der Waals surface area contributed by atoms with Crippen LogP contribution >= 0.6 is 0 Å². The molecule has 0 unspecified atom stereocenters. The second-order valence-corrected chi connectivity index (χ2v) is 3.98. The lowest BCUT2D eigenvalue weighted by Gasteiger charge is -2.11. The normalized spacial score (nSPS) is 11.2. The zero-order valence-electron chi connectivity index (χ0n) is 11.8. The van der Waals surface area contributed by atoms with E-state index in [9.17, 15) is 10.1 Å². The van der Waals surface area contributed by atoms with E-state index in [1.165, 1.54) is 6.07 Å². The highest BCUT2D eigenvalue weighted by atomic mass is 16.6. The standard InChI is InChI=1S/C13H20N4O3/c1-3-20-8-7-15-13(14-2)16-10-11-5-4-6-12(9-11)17(18)19/h4-6,9H,3,7-8,10H2,1-2H3,(H2,14,15,16). The average Bonchev–Trinajstić information content (AvgIpc) is 2.47. The van der Waals surface area contributed by atoms with Crippen molar-refractivity contribution in [2.75, 3.05) is 26.8 Å². The minimum absolute atomic E-state index is 0.0867. The average molecular weight is 280 g/mol. The van der Waals surface area contributed by atoms with Crippen LogP contribution in [0.3, 0.4) is 0 Å². The van der Waals surface area contributed by atoms with Crippen LogP contribution in [-0.4, -0.2) is 37.7 Å². The van der Waals surface area contributed by atoms with Crippen molar-refractivity contribution >= 4 is 11.6 Å². The minimum atomic E-state index is -0.404. The van der Waals surface area contributed by atoms with Crippen LogP contribution in [0.4, 0.5) is 5.69 Å². The van der Waals surface area contributed by atoms with Crippen LogP contribution in [0.25, 0.3) is 0 Å². The van der Waals surface area contributed by atoms with E-state index in [0.29, 0.717) is 32.3 Å². The quantitative estimate of drug-likeness (QED) is 0.258. The fourth-order valence-electron chi connectivity index (χ4n) is 1.57. The Hall–Kier alpha value is -2.15. The summed E-state index contributed by atoms with van der Waals surface area (Å²) in [5.74, 6) is 0.635. The Labute approximate surface area is 118 Å². The van der Waals surface area contributed by atoms with Gasteiger partial charge in [0.05, 0.1) is 11.5 Å². The first kappa shape index (κ1) is 15.9. The predicted molar refractivity (Wildman–Crippen MR) is 77.8 cm³/mol. The summed E-state index contributed by atoms with van der Waals surface area (Å²) in [5, 5.41) is 16.9. The van der Waals surface area contributed by atoms with Crippen molar-refractivity contribution in [3.63, 3.8) is 0 Å². The van der Waals surface area contributed by atoms with Crippen molar-refractivity contribution in [3.8, 4) is 0 Å². The molecule has 0 bridgehead atoms. The minimum Gasteiger partial charge on any atom is -0.380 e. The molecule has 0 aliphatic heterocycles. The third-order valence-electron chi connectivity index (χ3n) is 2.55. The highest BCUT2D eigenvalue weighted by molar-refractivity contribution is 5.79. The number of nitrogens with one attached hydrogen (secondary N) is 2. The molecule has 0 heterocycles. The molecule has 110 valence electrons. The molecule has 0 spiro atoms. The van der Waals surface area contributed by atoms with E-state index in [1.807, 2.05) is 13.0 Å². The Morgan fingerprint density at radius 1 is 1.45 bits per heavy atom. The molecule has 0 saturated heterocycles. The van der Waals surface area contributed by atoms with Gasteiger partial charge in [0.15, 0.2) is 5.96 Å². The summed E-state index contributed by atoms with van der Waals surface area (Å²) in [5.41, 5.74) is 0.913. The number of benzene rings is 1. The van der Waals surface area contributed by atoms with Gasteiger partial charge in [0.2, 0.25) is 0 Å². The van der Waals surface area contributed by atoms with Crippen LogP contribution in [-0.2, 0) is 11.3 Å². The number of rotatable bonds is 7. The second kappa shape index (κ2) is 8.87. The number of nitro groups is 1. The number of non-ortho nitro benzene ring substituents is 1. The lowest BCUT2D eigenvalue weighted by Crippen LogP contribution is -2.38. The van der Waals surface area contributed by atoms with Crippen LogP contribution in [0, 0.1) is 10.1 Å². The molecule has 2 N–H and O–H groups in total. The summed E-state index contributed by atoms with van der Waals surface area (Å²) < 4.78 is 5.21. The van der Waals surface area contributed by atoms with Gasteiger partial charge in [-0.2, -0.15) is 0 Å². The van der Waals surface area contributed by atoms with Gasteiger partial charge in [-0.1, -0.05) is 12.1 Å². The number of nitro benzene ring substituents is 1. The van der Waals surface area contributed by atoms with Crippen LogP contribution in [0.2, 0.25) is 0 Å². The Morgan fingerprint density at radius 3 is 2.90 bits per heavy atom. The SMILES string of the molecule is CCOCCNC(=NC)NCc1cccc([N+](=O)[O-])c1. The van der Waals surface area contributed by atoms with E-state index in [2.05, 4.69) is 15.6 Å². The molecule has 7 nitrogen and oxygen atoms in total. The lowest BCUT2D eigenvalue weighted by atomic mass is 10.2. The smallest absolute Gasteiger partial charge is 0.269 e. The monoisotopic (exact) mass is 280 g/mol. The van der Waals surface area contributed by atoms with Crippen molar-refractivity contribution in [3.05, 3.63) is 39.9 Å². The molecular formula is C13H20N4O3. The van der Waals surface area contributed by atoms with Gasteiger partial charge >= 0.3 is 0 Å². The molecule has 7 heteroatoms. The maximum atomic E-state index is 10.7. The van der Waals surface area contributed by atoms with Crippen molar-refractivity contribution in [2.24, 2.45) is 4.99 Å². The zero-order chi connectivity index (χ0) is 14.8. The van der Waals surface area contributed by atoms with Gasteiger partial charge in [-0.15, -0.1) is 0 Å².